The lowest BCUT2D eigenvalue weighted by Gasteiger charge is -2.11. The summed E-state index contributed by atoms with van der Waals surface area (Å²) in [6.45, 7) is 0.0759. The molecule has 1 heterocycles. The van der Waals surface area contributed by atoms with Gasteiger partial charge in [0.2, 0.25) is 15.9 Å². The quantitative estimate of drug-likeness (QED) is 0.447. The maximum absolute atomic E-state index is 11.9. The number of carbonyl (C=O) groups is 1. The first-order valence-corrected chi connectivity index (χ1v) is 9.23. The molecular weight excluding hydrogens is 362 g/mol. The number of sulfonamides is 1. The molecule has 138 valence electrons. The second kappa shape index (κ2) is 7.93. The molecule has 0 unspecified atom stereocenters. The molecule has 0 bridgehead atoms. The van der Waals surface area contributed by atoms with Gasteiger partial charge >= 0.3 is 0 Å². The van der Waals surface area contributed by atoms with Crippen molar-refractivity contribution in [2.24, 2.45) is 0 Å². The van der Waals surface area contributed by atoms with Gasteiger partial charge in [0.1, 0.15) is 11.5 Å². The topological polar surface area (TPSA) is 123 Å². The van der Waals surface area contributed by atoms with Crippen molar-refractivity contribution in [2.75, 3.05) is 18.6 Å². The Balaban J connectivity index is 1.98. The summed E-state index contributed by atoms with van der Waals surface area (Å²) in [5.74, 6) is 0.310. The monoisotopic (exact) mass is 379 g/mol. The van der Waals surface area contributed by atoms with Crippen LogP contribution in [-0.4, -0.2) is 36.9 Å². The zero-order valence-corrected chi connectivity index (χ0v) is 14.9. The Kier molecular flexibility index (Phi) is 5.90. The minimum Gasteiger partial charge on any atom is -0.460 e. The summed E-state index contributed by atoms with van der Waals surface area (Å²) < 4.78 is 29.3. The third kappa shape index (κ3) is 5.53. The van der Waals surface area contributed by atoms with Crippen LogP contribution in [0.3, 0.4) is 0 Å². The van der Waals surface area contributed by atoms with Crippen molar-refractivity contribution in [2.45, 2.75) is 6.54 Å². The van der Waals surface area contributed by atoms with Crippen LogP contribution < -0.4 is 5.32 Å². The van der Waals surface area contributed by atoms with E-state index in [1.807, 2.05) is 0 Å². The number of nitro benzene ring substituents is 1. The second-order valence-corrected chi connectivity index (χ2v) is 7.54. The lowest BCUT2D eigenvalue weighted by molar-refractivity contribution is -0.384. The molecule has 0 spiro atoms. The number of amides is 1. The van der Waals surface area contributed by atoms with Crippen molar-refractivity contribution in [3.05, 3.63) is 64.1 Å². The predicted octanol–water partition coefficient (Wildman–Crippen LogP) is 2.23. The number of benzene rings is 1. The van der Waals surface area contributed by atoms with E-state index in [4.69, 9.17) is 4.42 Å². The predicted molar refractivity (Wildman–Crippen MR) is 95.8 cm³/mol. The Labute approximate surface area is 150 Å². The number of hydrogen-bond acceptors (Lipinski definition) is 6. The molecule has 1 aromatic carbocycles. The number of nitrogens with zero attached hydrogens (tertiary/aromatic N) is 2. The molecular formula is C16H17N3O6S. The Morgan fingerprint density at radius 2 is 2.08 bits per heavy atom. The van der Waals surface area contributed by atoms with Gasteiger partial charge in [-0.2, -0.15) is 4.31 Å². The van der Waals surface area contributed by atoms with Crippen LogP contribution in [0.5, 0.6) is 0 Å². The normalized spacial score (nSPS) is 11.8. The van der Waals surface area contributed by atoms with Gasteiger partial charge in [-0.1, -0.05) is 6.07 Å². The van der Waals surface area contributed by atoms with Gasteiger partial charge in [-0.05, 0) is 24.3 Å². The van der Waals surface area contributed by atoms with E-state index in [9.17, 15) is 23.3 Å². The summed E-state index contributed by atoms with van der Waals surface area (Å²) in [6, 6.07) is 8.78. The third-order valence-corrected chi connectivity index (χ3v) is 4.61. The smallest absolute Gasteiger partial charge is 0.271 e. The largest absolute Gasteiger partial charge is 0.460 e. The number of anilines is 1. The lowest BCUT2D eigenvalue weighted by atomic mass is 10.3. The molecule has 10 heteroatoms. The molecule has 0 radical (unpaired) electrons. The molecule has 26 heavy (non-hydrogen) atoms. The van der Waals surface area contributed by atoms with Gasteiger partial charge < -0.3 is 9.73 Å². The molecule has 0 saturated carbocycles. The maximum atomic E-state index is 11.9. The first-order chi connectivity index (χ1) is 12.1. The molecule has 1 N–H and O–H groups in total. The average molecular weight is 379 g/mol. The molecule has 9 nitrogen and oxygen atoms in total. The Hall–Kier alpha value is -2.98. The molecule has 2 aromatic rings. The van der Waals surface area contributed by atoms with Gasteiger partial charge in [0.15, 0.2) is 0 Å². The van der Waals surface area contributed by atoms with Gasteiger partial charge in [0.25, 0.3) is 5.69 Å². The number of rotatable bonds is 7. The highest BCUT2D eigenvalue weighted by Crippen LogP contribution is 2.17. The van der Waals surface area contributed by atoms with Crippen molar-refractivity contribution in [3.8, 4) is 0 Å². The Morgan fingerprint density at radius 3 is 2.73 bits per heavy atom. The van der Waals surface area contributed by atoms with E-state index in [0.717, 1.165) is 10.6 Å². The standard InChI is InChI=1S/C16H17N3O6S/c1-18(26(2,23)24)11-15-7-6-14(25-15)8-9-16(20)17-12-4-3-5-13(10-12)19(21)22/h3-10H,11H2,1-2H3,(H,17,20)/b9-8+. The summed E-state index contributed by atoms with van der Waals surface area (Å²) in [5.41, 5.74) is 0.168. The maximum Gasteiger partial charge on any atom is 0.271 e. The van der Waals surface area contributed by atoms with E-state index in [1.54, 1.807) is 12.1 Å². The van der Waals surface area contributed by atoms with E-state index in [2.05, 4.69) is 5.32 Å². The minimum absolute atomic E-state index is 0.0759. The summed E-state index contributed by atoms with van der Waals surface area (Å²) in [7, 11) is -1.89. The first-order valence-electron chi connectivity index (χ1n) is 7.39. The SMILES string of the molecule is CN(Cc1ccc(/C=C/C(=O)Nc2cccc([N+](=O)[O-])c2)o1)S(C)(=O)=O. The van der Waals surface area contributed by atoms with Crippen LogP contribution in [0.1, 0.15) is 11.5 Å². The fourth-order valence-electron chi connectivity index (χ4n) is 1.94. The fourth-order valence-corrected chi connectivity index (χ4v) is 2.31. The van der Waals surface area contributed by atoms with E-state index in [0.29, 0.717) is 17.2 Å². The van der Waals surface area contributed by atoms with E-state index < -0.39 is 20.9 Å². The first kappa shape index (κ1) is 19.3. The number of non-ortho nitro benzene ring substituents is 1. The molecule has 1 amide bonds. The summed E-state index contributed by atoms with van der Waals surface area (Å²) in [5, 5.41) is 13.2. The number of furan rings is 1. The highest BCUT2D eigenvalue weighted by molar-refractivity contribution is 7.88. The highest BCUT2D eigenvalue weighted by Gasteiger charge is 2.13. The van der Waals surface area contributed by atoms with Gasteiger partial charge in [-0.15, -0.1) is 0 Å². The van der Waals surface area contributed by atoms with E-state index in [1.165, 1.54) is 43.5 Å². The third-order valence-electron chi connectivity index (χ3n) is 3.35. The van der Waals surface area contributed by atoms with Crippen molar-refractivity contribution in [3.63, 3.8) is 0 Å². The van der Waals surface area contributed by atoms with Crippen LogP contribution in [0.15, 0.2) is 46.9 Å². The van der Waals surface area contributed by atoms with Crippen LogP contribution in [0.2, 0.25) is 0 Å². The van der Waals surface area contributed by atoms with Crippen LogP contribution in [-0.2, 0) is 21.4 Å². The number of carbonyl (C=O) groups excluding carboxylic acids is 1. The molecule has 0 atom stereocenters. The Bertz CT molecular complexity index is 948. The molecule has 1 aromatic heterocycles. The van der Waals surface area contributed by atoms with Gasteiger partial charge in [0.05, 0.1) is 17.7 Å². The average Bonchev–Trinajstić information content (AvgIpc) is 3.00. The Morgan fingerprint density at radius 1 is 1.35 bits per heavy atom. The van der Waals surface area contributed by atoms with Crippen molar-refractivity contribution < 1.29 is 22.6 Å². The van der Waals surface area contributed by atoms with E-state index in [-0.39, 0.29) is 12.2 Å². The van der Waals surface area contributed by atoms with Crippen molar-refractivity contribution in [1.29, 1.82) is 0 Å². The zero-order valence-electron chi connectivity index (χ0n) is 14.1. The van der Waals surface area contributed by atoms with Crippen LogP contribution in [0.25, 0.3) is 6.08 Å². The number of nitro groups is 1. The summed E-state index contributed by atoms with van der Waals surface area (Å²) >= 11 is 0. The molecule has 0 saturated heterocycles. The van der Waals surface area contributed by atoms with Crippen LogP contribution in [0, 0.1) is 10.1 Å². The minimum atomic E-state index is -3.32. The van der Waals surface area contributed by atoms with Crippen LogP contribution >= 0.6 is 0 Å². The molecule has 0 aliphatic rings. The summed E-state index contributed by atoms with van der Waals surface area (Å²) in [6.07, 6.45) is 3.72. The molecule has 0 aliphatic carbocycles. The van der Waals surface area contributed by atoms with Gasteiger partial charge in [-0.3, -0.25) is 14.9 Å². The highest BCUT2D eigenvalue weighted by atomic mass is 32.2. The fraction of sp³-hybridized carbons (Fsp3) is 0.188. The van der Waals surface area contributed by atoms with E-state index >= 15 is 0 Å². The molecule has 2 rings (SSSR count). The zero-order chi connectivity index (χ0) is 19.3. The summed E-state index contributed by atoms with van der Waals surface area (Å²) in [4.78, 5) is 22.0. The molecule has 0 aliphatic heterocycles. The molecule has 0 fully saturated rings. The lowest BCUT2D eigenvalue weighted by Crippen LogP contribution is -2.24. The number of hydrogen-bond donors (Lipinski definition) is 1. The van der Waals surface area contributed by atoms with Crippen molar-refractivity contribution >= 4 is 33.4 Å². The number of nitrogens with one attached hydrogen (secondary N) is 1. The second-order valence-electron chi connectivity index (χ2n) is 5.45. The van der Waals surface area contributed by atoms with Gasteiger partial charge in [-0.25, -0.2) is 8.42 Å². The van der Waals surface area contributed by atoms with Crippen LogP contribution in [0.4, 0.5) is 11.4 Å². The van der Waals surface area contributed by atoms with Gasteiger partial charge in [0, 0.05) is 30.9 Å². The van der Waals surface area contributed by atoms with Crippen molar-refractivity contribution in [1.82, 2.24) is 4.31 Å².